The van der Waals surface area contributed by atoms with E-state index in [0.717, 1.165) is 25.8 Å². The summed E-state index contributed by atoms with van der Waals surface area (Å²) in [7, 11) is 0. The lowest BCUT2D eigenvalue weighted by atomic mass is 9.74. The molecule has 0 bridgehead atoms. The Balaban J connectivity index is 2.07. The first kappa shape index (κ1) is 12.9. The van der Waals surface area contributed by atoms with E-state index in [4.69, 9.17) is 0 Å². The van der Waals surface area contributed by atoms with Gasteiger partial charge in [0.1, 0.15) is 5.54 Å². The molecule has 0 radical (unpaired) electrons. The molecule has 0 amide bonds. The van der Waals surface area contributed by atoms with Crippen molar-refractivity contribution in [3.63, 3.8) is 0 Å². The summed E-state index contributed by atoms with van der Waals surface area (Å²) in [4.78, 5) is 15.3. The molecule has 1 saturated heterocycles. The highest BCUT2D eigenvalue weighted by Crippen LogP contribution is 2.43. The first-order chi connectivity index (χ1) is 9.25. The predicted molar refractivity (Wildman–Crippen MR) is 77.0 cm³/mol. The Morgan fingerprint density at radius 1 is 1.16 bits per heavy atom. The van der Waals surface area contributed by atoms with Crippen molar-refractivity contribution in [3.8, 4) is 0 Å². The maximum atomic E-state index is 12.8. The third-order valence-corrected chi connectivity index (χ3v) is 4.95. The lowest BCUT2D eigenvalue weighted by molar-refractivity contribution is -0.136. The fourth-order valence-corrected chi connectivity index (χ4v) is 4.00. The molecule has 1 heterocycles. The van der Waals surface area contributed by atoms with Gasteiger partial charge >= 0.3 is 0 Å². The molecule has 1 aromatic rings. The Morgan fingerprint density at radius 3 is 2.58 bits per heavy atom. The van der Waals surface area contributed by atoms with E-state index in [2.05, 4.69) is 36.1 Å². The van der Waals surface area contributed by atoms with Gasteiger partial charge in [-0.15, -0.1) is 0 Å². The van der Waals surface area contributed by atoms with Crippen LogP contribution in [-0.4, -0.2) is 23.3 Å². The molecule has 1 aromatic carbocycles. The Labute approximate surface area is 115 Å². The minimum absolute atomic E-state index is 0.324. The van der Waals surface area contributed by atoms with Gasteiger partial charge in [-0.2, -0.15) is 0 Å². The lowest BCUT2D eigenvalue weighted by Crippen LogP contribution is -2.54. The van der Waals surface area contributed by atoms with Crippen molar-refractivity contribution in [2.24, 2.45) is 0 Å². The van der Waals surface area contributed by atoms with Gasteiger partial charge in [0.05, 0.1) is 0 Å². The van der Waals surface area contributed by atoms with Crippen molar-refractivity contribution in [2.45, 2.75) is 57.0 Å². The van der Waals surface area contributed by atoms with Crippen molar-refractivity contribution < 1.29 is 4.79 Å². The topological polar surface area (TPSA) is 20.3 Å². The van der Waals surface area contributed by atoms with Crippen molar-refractivity contribution in [1.82, 2.24) is 4.90 Å². The second-order valence-electron chi connectivity index (χ2n) is 6.04. The number of hydrogen-bond acceptors (Lipinski definition) is 2. The van der Waals surface area contributed by atoms with Gasteiger partial charge in [-0.05, 0) is 44.7 Å². The molecule has 2 aliphatic rings. The summed E-state index contributed by atoms with van der Waals surface area (Å²) in [6, 6.07) is 11.0. The highest BCUT2D eigenvalue weighted by molar-refractivity contribution is 5.90. The number of ketones is 1. The molecule has 102 valence electrons. The maximum absolute atomic E-state index is 12.8. The normalized spacial score (nSPS) is 32.7. The van der Waals surface area contributed by atoms with Crippen LogP contribution in [0.25, 0.3) is 0 Å². The van der Waals surface area contributed by atoms with E-state index in [1.807, 2.05) is 6.07 Å². The summed E-state index contributed by atoms with van der Waals surface area (Å²) in [6.07, 6.45) is 6.43. The summed E-state index contributed by atoms with van der Waals surface area (Å²) in [6.45, 7) is 3.35. The van der Waals surface area contributed by atoms with E-state index in [0.29, 0.717) is 11.8 Å². The van der Waals surface area contributed by atoms with E-state index >= 15 is 0 Å². The smallest absolute Gasteiger partial charge is 0.157 e. The molecule has 1 unspecified atom stereocenters. The number of carbonyl (C=O) groups excluding carboxylic acids is 1. The summed E-state index contributed by atoms with van der Waals surface area (Å²) in [5.74, 6) is 0.443. The van der Waals surface area contributed by atoms with E-state index in [1.165, 1.54) is 24.8 Å². The number of likely N-dealkylation sites (tertiary alicyclic amines) is 1. The zero-order valence-electron chi connectivity index (χ0n) is 11.8. The van der Waals surface area contributed by atoms with Crippen LogP contribution in [0.3, 0.4) is 0 Å². The molecule has 2 nitrogen and oxygen atoms in total. The molecule has 2 heteroatoms. The highest BCUT2D eigenvalue weighted by Gasteiger charge is 2.48. The van der Waals surface area contributed by atoms with Crippen molar-refractivity contribution in [2.75, 3.05) is 6.54 Å². The molecule has 1 aliphatic carbocycles. The lowest BCUT2D eigenvalue weighted by Gasteiger charge is -2.45. The summed E-state index contributed by atoms with van der Waals surface area (Å²) in [5.41, 5.74) is 0.892. The van der Waals surface area contributed by atoms with E-state index in [-0.39, 0.29) is 5.54 Å². The zero-order valence-corrected chi connectivity index (χ0v) is 11.8. The fraction of sp³-hybridized carbons (Fsp3) is 0.588. The Kier molecular flexibility index (Phi) is 3.44. The number of carbonyl (C=O) groups is 1. The first-order valence-corrected chi connectivity index (χ1v) is 7.61. The monoisotopic (exact) mass is 257 g/mol. The van der Waals surface area contributed by atoms with Gasteiger partial charge in [-0.25, -0.2) is 0 Å². The van der Waals surface area contributed by atoms with Gasteiger partial charge in [0.25, 0.3) is 0 Å². The third kappa shape index (κ3) is 2.02. The van der Waals surface area contributed by atoms with Gasteiger partial charge in [0.15, 0.2) is 5.78 Å². The van der Waals surface area contributed by atoms with Gasteiger partial charge in [0.2, 0.25) is 0 Å². The molecule has 19 heavy (non-hydrogen) atoms. The minimum Gasteiger partial charge on any atom is -0.297 e. The molecule has 1 saturated carbocycles. The number of nitrogens with zero attached hydrogens (tertiary/aromatic N) is 1. The van der Waals surface area contributed by atoms with Crippen LogP contribution in [-0.2, 0) is 10.3 Å². The standard InChI is InChI=1S/C17H23NO/c1-14-8-7-13-18(14)17(12-6-5-11-16(17)19)15-9-3-2-4-10-15/h2-4,9-10,14H,5-8,11-13H2,1H3/t14?,17-/m1/s1. The Bertz CT molecular complexity index is 456. The molecule has 1 aliphatic heterocycles. The van der Waals surface area contributed by atoms with Crippen LogP contribution in [0.1, 0.15) is 51.0 Å². The second kappa shape index (κ2) is 5.09. The minimum atomic E-state index is -0.324. The molecular weight excluding hydrogens is 234 g/mol. The average Bonchev–Trinajstić information content (AvgIpc) is 2.87. The second-order valence-corrected chi connectivity index (χ2v) is 6.04. The summed E-state index contributed by atoms with van der Waals surface area (Å²) < 4.78 is 0. The van der Waals surface area contributed by atoms with Crippen LogP contribution < -0.4 is 0 Å². The van der Waals surface area contributed by atoms with Crippen molar-refractivity contribution in [3.05, 3.63) is 35.9 Å². The summed E-state index contributed by atoms with van der Waals surface area (Å²) >= 11 is 0. The number of Topliss-reactive ketones (excluding diaryl/α,β-unsaturated/α-hetero) is 1. The maximum Gasteiger partial charge on any atom is 0.157 e. The molecule has 2 fully saturated rings. The largest absolute Gasteiger partial charge is 0.297 e. The predicted octanol–water partition coefficient (Wildman–Crippen LogP) is 3.51. The van der Waals surface area contributed by atoms with Crippen molar-refractivity contribution >= 4 is 5.78 Å². The number of hydrogen-bond donors (Lipinski definition) is 0. The summed E-state index contributed by atoms with van der Waals surface area (Å²) in [5, 5.41) is 0. The van der Waals surface area contributed by atoms with Crippen LogP contribution in [0.4, 0.5) is 0 Å². The van der Waals surface area contributed by atoms with Crippen LogP contribution in [0.15, 0.2) is 30.3 Å². The van der Waals surface area contributed by atoms with Gasteiger partial charge in [-0.1, -0.05) is 36.8 Å². The molecule has 0 spiro atoms. The zero-order chi connectivity index (χ0) is 13.3. The average molecular weight is 257 g/mol. The highest BCUT2D eigenvalue weighted by atomic mass is 16.1. The molecular formula is C17H23NO. The van der Waals surface area contributed by atoms with Crippen molar-refractivity contribution in [1.29, 1.82) is 0 Å². The molecule has 3 rings (SSSR count). The van der Waals surface area contributed by atoms with E-state index in [9.17, 15) is 4.79 Å². The Morgan fingerprint density at radius 2 is 1.95 bits per heavy atom. The van der Waals surface area contributed by atoms with Crippen LogP contribution in [0, 0.1) is 0 Å². The van der Waals surface area contributed by atoms with Gasteiger partial charge in [-0.3, -0.25) is 9.69 Å². The fourth-order valence-electron chi connectivity index (χ4n) is 4.00. The molecule has 0 N–H and O–H groups in total. The van der Waals surface area contributed by atoms with Crippen LogP contribution in [0.2, 0.25) is 0 Å². The van der Waals surface area contributed by atoms with E-state index < -0.39 is 0 Å². The van der Waals surface area contributed by atoms with Crippen LogP contribution >= 0.6 is 0 Å². The van der Waals surface area contributed by atoms with Gasteiger partial charge in [0, 0.05) is 12.5 Å². The quantitative estimate of drug-likeness (QED) is 0.808. The Hall–Kier alpha value is -1.15. The van der Waals surface area contributed by atoms with E-state index in [1.54, 1.807) is 0 Å². The SMILES string of the molecule is CC1CCCN1[C@@]1(c2ccccc2)CCCCC1=O. The molecule has 2 atom stereocenters. The third-order valence-electron chi connectivity index (χ3n) is 4.95. The number of rotatable bonds is 2. The first-order valence-electron chi connectivity index (χ1n) is 7.61. The van der Waals surface area contributed by atoms with Crippen LogP contribution in [0.5, 0.6) is 0 Å². The number of benzene rings is 1. The van der Waals surface area contributed by atoms with Gasteiger partial charge < -0.3 is 0 Å². The molecule has 0 aromatic heterocycles.